The number of carboxylic acids is 1. The van der Waals surface area contributed by atoms with Gasteiger partial charge in [-0.2, -0.15) is 0 Å². The van der Waals surface area contributed by atoms with Crippen molar-refractivity contribution in [3.63, 3.8) is 0 Å². The number of carbonyl (C=O) groups is 2. The average molecular weight is 369 g/mol. The number of amides is 1. The van der Waals surface area contributed by atoms with E-state index in [-0.39, 0.29) is 11.8 Å². The third kappa shape index (κ3) is 3.40. The number of aliphatic carboxylic acids is 1. The summed E-state index contributed by atoms with van der Waals surface area (Å²) >= 11 is 0. The maximum atomic E-state index is 11.9. The largest absolute Gasteiger partial charge is 0.481 e. The van der Waals surface area contributed by atoms with Crippen molar-refractivity contribution in [2.24, 2.45) is 11.3 Å². The number of carboxylic acid groups (broad SMARTS) is 1. The van der Waals surface area contributed by atoms with Crippen LogP contribution in [0.25, 0.3) is 10.9 Å². The Labute approximate surface area is 157 Å². The fourth-order valence-corrected chi connectivity index (χ4v) is 4.28. The van der Waals surface area contributed by atoms with E-state index in [0.29, 0.717) is 26.3 Å². The molecule has 1 amide bonds. The summed E-state index contributed by atoms with van der Waals surface area (Å²) in [4.78, 5) is 30.0. The molecule has 27 heavy (non-hydrogen) atoms. The molecule has 2 aliphatic rings. The van der Waals surface area contributed by atoms with Gasteiger partial charge in [-0.3, -0.25) is 19.5 Å². The van der Waals surface area contributed by atoms with E-state index in [1.165, 1.54) is 6.92 Å². The number of ether oxygens (including phenoxy) is 1. The third-order valence-corrected chi connectivity index (χ3v) is 5.61. The van der Waals surface area contributed by atoms with Crippen molar-refractivity contribution in [1.82, 2.24) is 9.88 Å². The molecule has 2 fully saturated rings. The number of nitrogens with zero attached hydrogens (tertiary/aromatic N) is 2. The number of pyridine rings is 1. The van der Waals surface area contributed by atoms with Gasteiger partial charge in [0.05, 0.1) is 17.8 Å². The first-order chi connectivity index (χ1) is 13.0. The Morgan fingerprint density at radius 1 is 1.37 bits per heavy atom. The lowest BCUT2D eigenvalue weighted by Crippen LogP contribution is -2.46. The first kappa shape index (κ1) is 17.9. The van der Waals surface area contributed by atoms with Gasteiger partial charge < -0.3 is 15.2 Å². The fraction of sp³-hybridized carbons (Fsp3) is 0.450. The highest BCUT2D eigenvalue weighted by molar-refractivity contribution is 5.92. The van der Waals surface area contributed by atoms with Gasteiger partial charge in [0, 0.05) is 44.2 Å². The normalized spacial score (nSPS) is 25.3. The Hall–Kier alpha value is -2.51. The molecular weight excluding hydrogens is 346 g/mol. The summed E-state index contributed by atoms with van der Waals surface area (Å²) in [6, 6.07) is 9.57. The van der Waals surface area contributed by atoms with Crippen molar-refractivity contribution in [3.8, 4) is 0 Å². The minimum atomic E-state index is -0.789. The zero-order valence-corrected chi connectivity index (χ0v) is 15.3. The van der Waals surface area contributed by atoms with Crippen LogP contribution in [0.4, 0.5) is 5.69 Å². The van der Waals surface area contributed by atoms with Crippen molar-refractivity contribution in [2.75, 3.05) is 31.6 Å². The van der Waals surface area contributed by atoms with Gasteiger partial charge in [-0.15, -0.1) is 0 Å². The SMILES string of the molecule is CC(=O)Nc1ccc2nc(CN3C[C@@H]4CCOC[C@]4(C(=O)O)C3)ccc2c1. The smallest absolute Gasteiger partial charge is 0.313 e. The number of aromatic nitrogens is 1. The van der Waals surface area contributed by atoms with Gasteiger partial charge in [-0.1, -0.05) is 6.07 Å². The van der Waals surface area contributed by atoms with Gasteiger partial charge in [0.15, 0.2) is 0 Å². The fourth-order valence-electron chi connectivity index (χ4n) is 4.28. The van der Waals surface area contributed by atoms with Crippen molar-refractivity contribution in [3.05, 3.63) is 36.0 Å². The molecule has 7 heteroatoms. The van der Waals surface area contributed by atoms with Gasteiger partial charge in [-0.25, -0.2) is 0 Å². The number of hydrogen-bond acceptors (Lipinski definition) is 5. The second-order valence-corrected chi connectivity index (χ2v) is 7.56. The molecule has 0 aliphatic carbocycles. The molecule has 0 bridgehead atoms. The Morgan fingerprint density at radius 3 is 2.96 bits per heavy atom. The van der Waals surface area contributed by atoms with Crippen LogP contribution < -0.4 is 5.32 Å². The summed E-state index contributed by atoms with van der Waals surface area (Å²) < 4.78 is 5.49. The van der Waals surface area contributed by atoms with Gasteiger partial charge >= 0.3 is 5.97 Å². The molecule has 2 aliphatic heterocycles. The summed E-state index contributed by atoms with van der Waals surface area (Å²) in [5.41, 5.74) is 1.73. The van der Waals surface area contributed by atoms with Crippen molar-refractivity contribution < 1.29 is 19.4 Å². The van der Waals surface area contributed by atoms with Crippen molar-refractivity contribution >= 4 is 28.5 Å². The van der Waals surface area contributed by atoms with Crippen LogP contribution in [0.2, 0.25) is 0 Å². The molecule has 2 atom stereocenters. The van der Waals surface area contributed by atoms with Crippen molar-refractivity contribution in [2.45, 2.75) is 19.9 Å². The Kier molecular flexibility index (Phi) is 4.57. The van der Waals surface area contributed by atoms with Crippen LogP contribution >= 0.6 is 0 Å². The minimum Gasteiger partial charge on any atom is -0.481 e. The maximum absolute atomic E-state index is 11.9. The van der Waals surface area contributed by atoms with Crippen LogP contribution in [0.3, 0.4) is 0 Å². The molecule has 2 aromatic rings. The second-order valence-electron chi connectivity index (χ2n) is 7.56. The van der Waals surface area contributed by atoms with Gasteiger partial charge in [0.2, 0.25) is 5.91 Å². The van der Waals surface area contributed by atoms with E-state index in [9.17, 15) is 14.7 Å². The van der Waals surface area contributed by atoms with Crippen LogP contribution in [0.5, 0.6) is 0 Å². The van der Waals surface area contributed by atoms with Crippen LogP contribution in [0.1, 0.15) is 19.0 Å². The van der Waals surface area contributed by atoms with E-state index >= 15 is 0 Å². The van der Waals surface area contributed by atoms with Crippen molar-refractivity contribution in [1.29, 1.82) is 0 Å². The molecule has 0 spiro atoms. The van der Waals surface area contributed by atoms with E-state index in [4.69, 9.17) is 9.72 Å². The molecule has 0 radical (unpaired) electrons. The molecule has 2 N–H and O–H groups in total. The van der Waals surface area contributed by atoms with E-state index in [1.54, 1.807) is 0 Å². The number of rotatable bonds is 4. The lowest BCUT2D eigenvalue weighted by molar-refractivity contribution is -0.159. The lowest BCUT2D eigenvalue weighted by atomic mass is 9.76. The number of nitrogens with one attached hydrogen (secondary N) is 1. The Balaban J connectivity index is 1.52. The summed E-state index contributed by atoms with van der Waals surface area (Å²) in [5, 5.41) is 13.5. The maximum Gasteiger partial charge on any atom is 0.313 e. The first-order valence-corrected chi connectivity index (χ1v) is 9.17. The first-order valence-electron chi connectivity index (χ1n) is 9.17. The topological polar surface area (TPSA) is 91.8 Å². The Morgan fingerprint density at radius 2 is 2.22 bits per heavy atom. The van der Waals surface area contributed by atoms with E-state index in [0.717, 1.165) is 35.2 Å². The molecular formula is C20H23N3O4. The highest BCUT2D eigenvalue weighted by Crippen LogP contribution is 2.42. The minimum absolute atomic E-state index is 0.106. The molecule has 1 aromatic carbocycles. The lowest BCUT2D eigenvalue weighted by Gasteiger charge is -2.34. The van der Waals surface area contributed by atoms with E-state index < -0.39 is 11.4 Å². The highest BCUT2D eigenvalue weighted by Gasteiger charge is 2.53. The molecule has 0 unspecified atom stereocenters. The average Bonchev–Trinajstić information content (AvgIpc) is 3.00. The molecule has 4 rings (SSSR count). The monoisotopic (exact) mass is 369 g/mol. The molecule has 142 valence electrons. The van der Waals surface area contributed by atoms with Crippen LogP contribution in [-0.2, 0) is 20.9 Å². The third-order valence-electron chi connectivity index (χ3n) is 5.61. The number of benzene rings is 1. The molecule has 7 nitrogen and oxygen atoms in total. The second kappa shape index (κ2) is 6.90. The number of hydrogen-bond donors (Lipinski definition) is 2. The Bertz CT molecular complexity index is 900. The zero-order valence-electron chi connectivity index (χ0n) is 15.3. The molecule has 3 heterocycles. The van der Waals surface area contributed by atoms with Gasteiger partial charge in [0.25, 0.3) is 0 Å². The predicted molar refractivity (Wildman–Crippen MR) is 100 cm³/mol. The zero-order chi connectivity index (χ0) is 19.0. The van der Waals surface area contributed by atoms with Gasteiger partial charge in [-0.05, 0) is 36.6 Å². The van der Waals surface area contributed by atoms with E-state index in [2.05, 4.69) is 10.2 Å². The summed E-state index contributed by atoms with van der Waals surface area (Å²) in [5.74, 6) is -0.734. The predicted octanol–water partition coefficient (Wildman–Crippen LogP) is 2.12. The molecule has 2 saturated heterocycles. The summed E-state index contributed by atoms with van der Waals surface area (Å²) in [7, 11) is 0. The standard InChI is InChI=1S/C20H23N3O4/c1-13(24)21-16-4-5-18-14(8-16)2-3-17(22-18)10-23-9-15-6-7-27-12-20(15,11-23)19(25)26/h2-5,8,15H,6-7,9-12H2,1H3,(H,21,24)(H,25,26)/t15-,20+/m0/s1. The quantitative estimate of drug-likeness (QED) is 0.858. The number of fused-ring (bicyclic) bond motifs is 2. The van der Waals surface area contributed by atoms with Crippen LogP contribution in [0.15, 0.2) is 30.3 Å². The van der Waals surface area contributed by atoms with Crippen LogP contribution in [-0.4, -0.2) is 53.2 Å². The van der Waals surface area contributed by atoms with Gasteiger partial charge in [0.1, 0.15) is 5.41 Å². The summed E-state index contributed by atoms with van der Waals surface area (Å²) in [6.45, 7) is 4.28. The molecule has 1 aromatic heterocycles. The summed E-state index contributed by atoms with van der Waals surface area (Å²) in [6.07, 6.45) is 0.792. The van der Waals surface area contributed by atoms with E-state index in [1.807, 2.05) is 30.3 Å². The van der Waals surface area contributed by atoms with Crippen LogP contribution in [0, 0.1) is 11.3 Å². The number of anilines is 1. The number of carbonyl (C=O) groups excluding carboxylic acids is 1. The molecule has 0 saturated carbocycles. The number of likely N-dealkylation sites (tertiary alicyclic amines) is 1. The highest BCUT2D eigenvalue weighted by atomic mass is 16.5.